The third kappa shape index (κ3) is 5.85. The van der Waals surface area contributed by atoms with E-state index in [1.54, 1.807) is 65.2 Å². The molecule has 35 heavy (non-hydrogen) atoms. The second-order valence-electron chi connectivity index (χ2n) is 7.88. The first kappa shape index (κ1) is 24.8. The monoisotopic (exact) mass is 509 g/mol. The van der Waals surface area contributed by atoms with Crippen LogP contribution < -0.4 is 4.74 Å². The van der Waals surface area contributed by atoms with Crippen molar-refractivity contribution < 1.29 is 14.3 Å². The topological polar surface area (TPSA) is 56.6 Å². The molecule has 0 radical (unpaired) electrons. The van der Waals surface area contributed by atoms with Crippen LogP contribution in [0.3, 0.4) is 0 Å². The second-order valence-corrected chi connectivity index (χ2v) is 8.72. The van der Waals surface area contributed by atoms with E-state index >= 15 is 0 Å². The maximum Gasteiger partial charge on any atom is 0.255 e. The Balaban J connectivity index is 1.77. The molecule has 0 aliphatic heterocycles. The minimum atomic E-state index is -0.201. The van der Waals surface area contributed by atoms with Crippen LogP contribution in [0.15, 0.2) is 78.9 Å². The molecule has 0 bridgehead atoms. The van der Waals surface area contributed by atoms with Gasteiger partial charge in [0.15, 0.2) is 0 Å². The zero-order valence-electron chi connectivity index (χ0n) is 19.4. The molecule has 8 heteroatoms. The van der Waals surface area contributed by atoms with Gasteiger partial charge in [0.05, 0.1) is 29.3 Å². The molecule has 4 aromatic rings. The Hall–Kier alpha value is -3.32. The van der Waals surface area contributed by atoms with Crippen LogP contribution in [0.25, 0.3) is 11.3 Å². The van der Waals surface area contributed by atoms with E-state index in [9.17, 15) is 4.79 Å². The van der Waals surface area contributed by atoms with E-state index in [-0.39, 0.29) is 12.5 Å². The average molecular weight is 510 g/mol. The van der Waals surface area contributed by atoms with Crippen molar-refractivity contribution in [1.29, 1.82) is 0 Å². The maximum atomic E-state index is 13.5. The first-order valence-corrected chi connectivity index (χ1v) is 11.8. The Kier molecular flexibility index (Phi) is 8.08. The van der Waals surface area contributed by atoms with Crippen LogP contribution in [-0.4, -0.2) is 40.8 Å². The Bertz CT molecular complexity index is 1290. The van der Waals surface area contributed by atoms with Crippen LogP contribution in [0.4, 0.5) is 0 Å². The van der Waals surface area contributed by atoms with Gasteiger partial charge >= 0.3 is 0 Å². The molecule has 1 aromatic heterocycles. The molecule has 1 amide bonds. The maximum absolute atomic E-state index is 13.5. The molecule has 0 saturated heterocycles. The summed E-state index contributed by atoms with van der Waals surface area (Å²) in [6.07, 6.45) is 0. The first-order valence-electron chi connectivity index (χ1n) is 11.1. The van der Waals surface area contributed by atoms with Gasteiger partial charge in [0.25, 0.3) is 5.91 Å². The molecule has 3 aromatic carbocycles. The fourth-order valence-corrected chi connectivity index (χ4v) is 4.06. The first-order chi connectivity index (χ1) is 17.0. The summed E-state index contributed by atoms with van der Waals surface area (Å²) in [6.45, 7) is 0.975. The van der Waals surface area contributed by atoms with Gasteiger partial charge in [0, 0.05) is 31.3 Å². The number of aromatic nitrogens is 2. The van der Waals surface area contributed by atoms with Gasteiger partial charge in [0.2, 0.25) is 5.88 Å². The van der Waals surface area contributed by atoms with Crippen LogP contribution in [0, 0.1) is 0 Å². The predicted molar refractivity (Wildman–Crippen MR) is 138 cm³/mol. The van der Waals surface area contributed by atoms with Gasteiger partial charge in [0.1, 0.15) is 11.4 Å². The van der Waals surface area contributed by atoms with E-state index in [1.807, 2.05) is 37.4 Å². The third-order valence-electron chi connectivity index (χ3n) is 5.47. The number of nitrogens with zero attached hydrogens (tertiary/aromatic N) is 3. The molecule has 0 fully saturated rings. The van der Waals surface area contributed by atoms with Gasteiger partial charge in [-0.25, -0.2) is 4.68 Å². The van der Waals surface area contributed by atoms with Crippen molar-refractivity contribution in [3.05, 3.63) is 100 Å². The zero-order chi connectivity index (χ0) is 24.8. The Morgan fingerprint density at radius 3 is 2.34 bits per heavy atom. The fourth-order valence-electron chi connectivity index (χ4n) is 3.71. The molecular formula is C27H25Cl2N3O3. The summed E-state index contributed by atoms with van der Waals surface area (Å²) in [6, 6.07) is 23.9. The highest BCUT2D eigenvalue weighted by molar-refractivity contribution is 6.33. The Labute approximate surface area is 214 Å². The number of halogens is 2. The van der Waals surface area contributed by atoms with Crippen molar-refractivity contribution in [3.8, 4) is 22.9 Å². The normalized spacial score (nSPS) is 10.9. The zero-order valence-corrected chi connectivity index (χ0v) is 21.0. The van der Waals surface area contributed by atoms with Crippen LogP contribution in [-0.2, 0) is 18.3 Å². The third-order valence-corrected chi connectivity index (χ3v) is 6.05. The Morgan fingerprint density at radius 1 is 0.971 bits per heavy atom. The van der Waals surface area contributed by atoms with Crippen molar-refractivity contribution >= 4 is 29.1 Å². The summed E-state index contributed by atoms with van der Waals surface area (Å²) in [4.78, 5) is 15.2. The summed E-state index contributed by atoms with van der Waals surface area (Å²) >= 11 is 12.4. The van der Waals surface area contributed by atoms with Gasteiger partial charge in [-0.05, 0) is 36.4 Å². The van der Waals surface area contributed by atoms with Crippen LogP contribution in [0.1, 0.15) is 15.9 Å². The number of methoxy groups -OCH3 is 1. The van der Waals surface area contributed by atoms with E-state index in [0.29, 0.717) is 40.4 Å². The van der Waals surface area contributed by atoms with Crippen LogP contribution in [0.5, 0.6) is 11.6 Å². The van der Waals surface area contributed by atoms with Crippen molar-refractivity contribution in [2.24, 2.45) is 7.05 Å². The molecule has 0 N–H and O–H groups in total. The fraction of sp³-hybridized carbons (Fsp3) is 0.185. The van der Waals surface area contributed by atoms with Crippen molar-refractivity contribution in [2.75, 3.05) is 20.3 Å². The lowest BCUT2D eigenvalue weighted by molar-refractivity contribution is 0.0680. The molecule has 0 saturated carbocycles. The lowest BCUT2D eigenvalue weighted by Crippen LogP contribution is -2.33. The summed E-state index contributed by atoms with van der Waals surface area (Å²) in [5, 5.41) is 5.76. The van der Waals surface area contributed by atoms with Gasteiger partial charge < -0.3 is 14.4 Å². The van der Waals surface area contributed by atoms with Gasteiger partial charge in [-0.15, -0.1) is 0 Å². The SMILES string of the molecule is COCCN(Cc1c(-c2ccccc2)nn(C)c1Oc1ccc(Cl)cc1)C(=O)c1ccccc1Cl. The molecule has 6 nitrogen and oxygen atoms in total. The number of benzene rings is 3. The number of rotatable bonds is 9. The second kappa shape index (κ2) is 11.4. The highest BCUT2D eigenvalue weighted by Gasteiger charge is 2.26. The van der Waals surface area contributed by atoms with Gasteiger partial charge in [-0.2, -0.15) is 5.10 Å². The average Bonchev–Trinajstić information content (AvgIpc) is 3.18. The molecule has 0 unspecified atom stereocenters. The molecule has 4 rings (SSSR count). The highest BCUT2D eigenvalue weighted by Crippen LogP contribution is 2.35. The van der Waals surface area contributed by atoms with Crippen molar-refractivity contribution in [1.82, 2.24) is 14.7 Å². The quantitative estimate of drug-likeness (QED) is 0.259. The number of carbonyl (C=O) groups excluding carboxylic acids is 1. The minimum Gasteiger partial charge on any atom is -0.439 e. The molecule has 180 valence electrons. The van der Waals surface area contributed by atoms with E-state index in [2.05, 4.69) is 0 Å². The van der Waals surface area contributed by atoms with E-state index < -0.39 is 0 Å². The summed E-state index contributed by atoms with van der Waals surface area (Å²) in [5.74, 6) is 0.938. The summed E-state index contributed by atoms with van der Waals surface area (Å²) in [5.41, 5.74) is 2.84. The molecule has 0 spiro atoms. The minimum absolute atomic E-state index is 0.201. The van der Waals surface area contributed by atoms with Crippen molar-refractivity contribution in [2.45, 2.75) is 6.54 Å². The van der Waals surface area contributed by atoms with Gasteiger partial charge in [-0.1, -0.05) is 65.7 Å². The van der Waals surface area contributed by atoms with Crippen molar-refractivity contribution in [3.63, 3.8) is 0 Å². The smallest absolute Gasteiger partial charge is 0.255 e. The number of hydrogen-bond donors (Lipinski definition) is 0. The standard InChI is InChI=1S/C27H25Cl2N3O3/c1-31-27(35-21-14-12-20(28)13-15-21)23(25(30-31)19-8-4-3-5-9-19)18-32(16-17-34-2)26(33)22-10-6-7-11-24(22)29/h3-15H,16-18H2,1-2H3. The Morgan fingerprint density at radius 2 is 1.66 bits per heavy atom. The lowest BCUT2D eigenvalue weighted by Gasteiger charge is -2.24. The molecule has 0 aliphatic rings. The highest BCUT2D eigenvalue weighted by atomic mass is 35.5. The number of carbonyl (C=O) groups is 1. The van der Waals surface area contributed by atoms with E-state index in [4.69, 9.17) is 37.8 Å². The van der Waals surface area contributed by atoms with E-state index in [1.165, 1.54) is 0 Å². The van der Waals surface area contributed by atoms with Crippen LogP contribution >= 0.6 is 23.2 Å². The number of ether oxygens (including phenoxy) is 2. The summed E-state index contributed by atoms with van der Waals surface area (Å²) < 4.78 is 13.2. The van der Waals surface area contributed by atoms with Gasteiger partial charge in [-0.3, -0.25) is 4.79 Å². The predicted octanol–water partition coefficient (Wildman–Crippen LogP) is 6.48. The lowest BCUT2D eigenvalue weighted by atomic mass is 10.1. The van der Waals surface area contributed by atoms with Crippen LogP contribution in [0.2, 0.25) is 10.0 Å². The molecular weight excluding hydrogens is 485 g/mol. The van der Waals surface area contributed by atoms with E-state index in [0.717, 1.165) is 16.8 Å². The number of hydrogen-bond acceptors (Lipinski definition) is 4. The molecule has 1 heterocycles. The molecule has 0 aliphatic carbocycles. The number of aryl methyl sites for hydroxylation is 1. The number of amides is 1. The largest absolute Gasteiger partial charge is 0.439 e. The molecule has 0 atom stereocenters. The summed E-state index contributed by atoms with van der Waals surface area (Å²) in [7, 11) is 3.42.